The van der Waals surface area contributed by atoms with E-state index in [1.54, 1.807) is 18.2 Å². The van der Waals surface area contributed by atoms with Crippen LogP contribution in [0.3, 0.4) is 0 Å². The summed E-state index contributed by atoms with van der Waals surface area (Å²) >= 11 is 0. The molecule has 1 aliphatic rings. The Morgan fingerprint density at radius 2 is 1.87 bits per heavy atom. The van der Waals surface area contributed by atoms with Crippen LogP contribution in [0, 0.1) is 6.92 Å². The van der Waals surface area contributed by atoms with Gasteiger partial charge in [0.25, 0.3) is 5.91 Å². The normalized spacial score (nSPS) is 15.5. The number of carbonyl (C=O) groups is 1. The second-order valence-corrected chi connectivity index (χ2v) is 6.40. The summed E-state index contributed by atoms with van der Waals surface area (Å²) in [6, 6.07) is 13.2. The van der Waals surface area contributed by atoms with Gasteiger partial charge in [0.15, 0.2) is 0 Å². The summed E-state index contributed by atoms with van der Waals surface area (Å²) in [5, 5.41) is 9.75. The molecule has 3 rings (SSSR count). The number of fused-ring (bicyclic) bond motifs is 1. The van der Waals surface area contributed by atoms with Crippen LogP contribution in [-0.4, -0.2) is 17.6 Å². The van der Waals surface area contributed by atoms with E-state index >= 15 is 0 Å². The van der Waals surface area contributed by atoms with Crippen LogP contribution in [0.1, 0.15) is 48.2 Å². The number of carbonyl (C=O) groups excluding carboxylic acids is 1. The van der Waals surface area contributed by atoms with Gasteiger partial charge in [-0.05, 0) is 49.1 Å². The molecule has 0 aromatic heterocycles. The molecule has 120 valence electrons. The molecule has 0 bridgehead atoms. The van der Waals surface area contributed by atoms with Crippen molar-refractivity contribution in [3.8, 4) is 5.75 Å². The van der Waals surface area contributed by atoms with Crippen LogP contribution in [0.4, 0.5) is 5.69 Å². The standard InChI is InChI=1S/C20H23NO2/c1-4-20(5-2)13-21(18-9-7-6-8-17(18)20)19(23)16-12-15(22)11-10-14(16)3/h6-12,22H,4-5,13H2,1-3H3. The maximum Gasteiger partial charge on any atom is 0.258 e. The summed E-state index contributed by atoms with van der Waals surface area (Å²) < 4.78 is 0. The molecular weight excluding hydrogens is 286 g/mol. The van der Waals surface area contributed by atoms with Gasteiger partial charge < -0.3 is 10.0 Å². The third-order valence-electron chi connectivity index (χ3n) is 5.28. The van der Waals surface area contributed by atoms with Crippen molar-refractivity contribution >= 4 is 11.6 Å². The summed E-state index contributed by atoms with van der Waals surface area (Å²) in [6.07, 6.45) is 2.01. The van der Waals surface area contributed by atoms with Crippen LogP contribution < -0.4 is 4.90 Å². The van der Waals surface area contributed by atoms with Crippen molar-refractivity contribution in [2.24, 2.45) is 0 Å². The molecule has 3 heteroatoms. The van der Waals surface area contributed by atoms with Gasteiger partial charge in [0.05, 0.1) is 0 Å². The quantitative estimate of drug-likeness (QED) is 0.912. The van der Waals surface area contributed by atoms with Gasteiger partial charge in [0.1, 0.15) is 5.75 Å². The van der Waals surface area contributed by atoms with Crippen molar-refractivity contribution in [2.75, 3.05) is 11.4 Å². The molecule has 0 spiro atoms. The third kappa shape index (κ3) is 2.40. The van der Waals surface area contributed by atoms with Gasteiger partial charge in [0, 0.05) is 23.2 Å². The van der Waals surface area contributed by atoms with Gasteiger partial charge in [-0.15, -0.1) is 0 Å². The predicted molar refractivity (Wildman–Crippen MR) is 93.2 cm³/mol. The molecule has 1 heterocycles. The highest BCUT2D eigenvalue weighted by atomic mass is 16.3. The van der Waals surface area contributed by atoms with E-state index in [9.17, 15) is 9.90 Å². The summed E-state index contributed by atoms with van der Waals surface area (Å²) in [7, 11) is 0. The number of anilines is 1. The van der Waals surface area contributed by atoms with E-state index in [0.717, 1.165) is 24.1 Å². The molecular formula is C20H23NO2. The molecule has 0 saturated heterocycles. The fourth-order valence-electron chi connectivity index (χ4n) is 3.65. The van der Waals surface area contributed by atoms with Gasteiger partial charge in [0.2, 0.25) is 0 Å². The Morgan fingerprint density at radius 1 is 1.17 bits per heavy atom. The number of rotatable bonds is 3. The number of nitrogens with zero attached hydrogens (tertiary/aromatic N) is 1. The average Bonchev–Trinajstić information content (AvgIpc) is 2.92. The van der Waals surface area contributed by atoms with E-state index in [1.807, 2.05) is 30.0 Å². The van der Waals surface area contributed by atoms with Crippen molar-refractivity contribution in [1.82, 2.24) is 0 Å². The number of phenols is 1. The minimum absolute atomic E-state index is 0.0248. The highest BCUT2D eigenvalue weighted by Gasteiger charge is 2.42. The van der Waals surface area contributed by atoms with E-state index < -0.39 is 0 Å². The van der Waals surface area contributed by atoms with Crippen molar-refractivity contribution < 1.29 is 9.90 Å². The summed E-state index contributed by atoms with van der Waals surface area (Å²) in [4.78, 5) is 15.0. The zero-order chi connectivity index (χ0) is 16.6. The van der Waals surface area contributed by atoms with E-state index in [0.29, 0.717) is 12.1 Å². The molecule has 0 unspecified atom stereocenters. The molecule has 3 nitrogen and oxygen atoms in total. The average molecular weight is 309 g/mol. The minimum atomic E-state index is -0.0328. The Labute approximate surface area is 137 Å². The minimum Gasteiger partial charge on any atom is -0.508 e. The second kappa shape index (κ2) is 5.73. The van der Waals surface area contributed by atoms with Gasteiger partial charge in [-0.2, -0.15) is 0 Å². The SMILES string of the molecule is CCC1(CC)CN(C(=O)c2cc(O)ccc2C)c2ccccc21. The van der Waals surface area contributed by atoms with Crippen LogP contribution in [0.5, 0.6) is 5.75 Å². The molecule has 23 heavy (non-hydrogen) atoms. The first kappa shape index (κ1) is 15.6. The van der Waals surface area contributed by atoms with Gasteiger partial charge in [-0.25, -0.2) is 0 Å². The molecule has 0 saturated carbocycles. The van der Waals surface area contributed by atoms with E-state index in [4.69, 9.17) is 0 Å². The van der Waals surface area contributed by atoms with E-state index in [1.165, 1.54) is 5.56 Å². The Hall–Kier alpha value is -2.29. The van der Waals surface area contributed by atoms with Crippen molar-refractivity contribution in [3.05, 3.63) is 59.2 Å². The summed E-state index contributed by atoms with van der Waals surface area (Å²) in [5.74, 6) is 0.0957. The Balaban J connectivity index is 2.08. The third-order valence-corrected chi connectivity index (χ3v) is 5.28. The molecule has 1 amide bonds. The zero-order valence-electron chi connectivity index (χ0n) is 14.0. The largest absolute Gasteiger partial charge is 0.508 e. The fraction of sp³-hybridized carbons (Fsp3) is 0.350. The first-order chi connectivity index (χ1) is 11.0. The van der Waals surface area contributed by atoms with Gasteiger partial charge >= 0.3 is 0 Å². The lowest BCUT2D eigenvalue weighted by atomic mass is 9.78. The zero-order valence-corrected chi connectivity index (χ0v) is 14.0. The smallest absolute Gasteiger partial charge is 0.258 e. The molecule has 0 atom stereocenters. The Morgan fingerprint density at radius 3 is 2.57 bits per heavy atom. The van der Waals surface area contributed by atoms with Crippen LogP contribution in [0.15, 0.2) is 42.5 Å². The summed E-state index contributed by atoms with van der Waals surface area (Å²) in [5.41, 5.74) is 3.75. The molecule has 1 N–H and O–H groups in total. The Kier molecular flexibility index (Phi) is 3.88. The first-order valence-electron chi connectivity index (χ1n) is 8.23. The van der Waals surface area contributed by atoms with E-state index in [-0.39, 0.29) is 17.1 Å². The maximum atomic E-state index is 13.1. The number of aromatic hydroxyl groups is 1. The lowest BCUT2D eigenvalue weighted by molar-refractivity contribution is 0.0983. The number of phenolic OH excluding ortho intramolecular Hbond substituents is 1. The number of hydrogen-bond acceptors (Lipinski definition) is 2. The summed E-state index contributed by atoms with van der Waals surface area (Å²) in [6.45, 7) is 6.98. The number of hydrogen-bond donors (Lipinski definition) is 1. The lowest BCUT2D eigenvalue weighted by Gasteiger charge is -2.27. The van der Waals surface area contributed by atoms with Crippen molar-refractivity contribution in [2.45, 2.75) is 39.0 Å². The molecule has 1 aliphatic heterocycles. The molecule has 0 fully saturated rings. The first-order valence-corrected chi connectivity index (χ1v) is 8.23. The highest BCUT2D eigenvalue weighted by Crippen LogP contribution is 2.45. The molecule has 0 radical (unpaired) electrons. The van der Waals surface area contributed by atoms with Gasteiger partial charge in [-0.1, -0.05) is 38.1 Å². The Bertz CT molecular complexity index is 747. The number of aryl methyl sites for hydroxylation is 1. The number of para-hydroxylation sites is 1. The van der Waals surface area contributed by atoms with E-state index in [2.05, 4.69) is 19.9 Å². The lowest BCUT2D eigenvalue weighted by Crippen LogP contribution is -2.36. The van der Waals surface area contributed by atoms with Crippen LogP contribution in [0.25, 0.3) is 0 Å². The molecule has 2 aromatic carbocycles. The predicted octanol–water partition coefficient (Wildman–Crippen LogP) is 4.42. The fourth-order valence-corrected chi connectivity index (χ4v) is 3.65. The topological polar surface area (TPSA) is 40.5 Å². The number of amides is 1. The van der Waals surface area contributed by atoms with Crippen LogP contribution in [0.2, 0.25) is 0 Å². The van der Waals surface area contributed by atoms with Crippen molar-refractivity contribution in [3.63, 3.8) is 0 Å². The highest BCUT2D eigenvalue weighted by molar-refractivity contribution is 6.08. The monoisotopic (exact) mass is 309 g/mol. The van der Waals surface area contributed by atoms with Crippen LogP contribution >= 0.6 is 0 Å². The van der Waals surface area contributed by atoms with Crippen molar-refractivity contribution in [1.29, 1.82) is 0 Å². The molecule has 0 aliphatic carbocycles. The maximum absolute atomic E-state index is 13.1. The second-order valence-electron chi connectivity index (χ2n) is 6.40. The van der Waals surface area contributed by atoms with Crippen LogP contribution in [-0.2, 0) is 5.41 Å². The molecule has 2 aromatic rings. The van der Waals surface area contributed by atoms with Gasteiger partial charge in [-0.3, -0.25) is 4.79 Å². The number of benzene rings is 2.